The van der Waals surface area contributed by atoms with Crippen molar-refractivity contribution >= 4 is 10.0 Å². The number of hydrogen-bond donors (Lipinski definition) is 0. The van der Waals surface area contributed by atoms with Gasteiger partial charge in [-0.25, -0.2) is 12.7 Å². The lowest BCUT2D eigenvalue weighted by atomic mass is 10.0. The van der Waals surface area contributed by atoms with Gasteiger partial charge in [-0.3, -0.25) is 0 Å². The van der Waals surface area contributed by atoms with Crippen LogP contribution in [-0.2, 0) is 10.0 Å². The van der Waals surface area contributed by atoms with E-state index in [1.165, 1.54) is 4.31 Å². The van der Waals surface area contributed by atoms with Crippen LogP contribution < -0.4 is 0 Å². The highest BCUT2D eigenvalue weighted by Crippen LogP contribution is 2.18. The molecule has 1 rings (SSSR count). The Labute approximate surface area is 105 Å². The fourth-order valence-electron chi connectivity index (χ4n) is 1.92. The summed E-state index contributed by atoms with van der Waals surface area (Å²) in [6, 6.07) is 9.77. The Morgan fingerprint density at radius 3 is 2.12 bits per heavy atom. The van der Waals surface area contributed by atoms with Crippen molar-refractivity contribution in [2.24, 2.45) is 0 Å². The Hall–Kier alpha value is -0.870. The number of rotatable bonds is 6. The maximum absolute atomic E-state index is 12.1. The zero-order valence-electron chi connectivity index (χ0n) is 10.8. The first-order chi connectivity index (χ1) is 8.01. The summed E-state index contributed by atoms with van der Waals surface area (Å²) in [6.45, 7) is 6.78. The summed E-state index contributed by atoms with van der Waals surface area (Å²) in [7, 11) is -3.14. The van der Waals surface area contributed by atoms with Crippen molar-refractivity contribution in [3.05, 3.63) is 35.9 Å². The first-order valence-electron chi connectivity index (χ1n) is 6.04. The second-order valence-corrected chi connectivity index (χ2v) is 6.19. The molecule has 0 spiro atoms. The molecule has 4 heteroatoms. The molecule has 0 N–H and O–H groups in total. The topological polar surface area (TPSA) is 37.4 Å². The molecular weight excluding hydrogens is 234 g/mol. The molecule has 0 radical (unpaired) electrons. The van der Waals surface area contributed by atoms with Crippen molar-refractivity contribution in [3.63, 3.8) is 0 Å². The van der Waals surface area contributed by atoms with E-state index in [2.05, 4.69) is 0 Å². The van der Waals surface area contributed by atoms with Crippen molar-refractivity contribution in [1.29, 1.82) is 0 Å². The summed E-state index contributed by atoms with van der Waals surface area (Å²) in [5.41, 5.74) is 1.07. The van der Waals surface area contributed by atoms with Crippen LogP contribution in [0.3, 0.4) is 0 Å². The first kappa shape index (κ1) is 14.2. The summed E-state index contributed by atoms with van der Waals surface area (Å²) >= 11 is 0. The van der Waals surface area contributed by atoms with Crippen LogP contribution in [0.5, 0.6) is 0 Å². The van der Waals surface area contributed by atoms with Gasteiger partial charge in [-0.15, -0.1) is 0 Å². The first-order valence-corrected chi connectivity index (χ1v) is 7.65. The third kappa shape index (κ3) is 3.82. The lowest BCUT2D eigenvalue weighted by Crippen LogP contribution is -2.34. The maximum Gasteiger partial charge on any atom is 0.214 e. The van der Waals surface area contributed by atoms with Gasteiger partial charge in [-0.1, -0.05) is 51.1 Å². The molecule has 0 saturated carbocycles. The minimum Gasteiger partial charge on any atom is -0.212 e. The van der Waals surface area contributed by atoms with Crippen LogP contribution in [-0.4, -0.2) is 31.6 Å². The van der Waals surface area contributed by atoms with Crippen molar-refractivity contribution in [2.75, 3.05) is 18.8 Å². The largest absolute Gasteiger partial charge is 0.214 e. The predicted octanol–water partition coefficient (Wildman–Crippen LogP) is 2.46. The summed E-state index contributed by atoms with van der Waals surface area (Å²) in [6.07, 6.45) is 0. The number of hydrogen-bond acceptors (Lipinski definition) is 2. The van der Waals surface area contributed by atoms with Crippen molar-refractivity contribution in [2.45, 2.75) is 26.7 Å². The monoisotopic (exact) mass is 255 g/mol. The van der Waals surface area contributed by atoms with Gasteiger partial charge < -0.3 is 0 Å². The molecule has 0 heterocycles. The van der Waals surface area contributed by atoms with Crippen LogP contribution in [0.2, 0.25) is 0 Å². The van der Waals surface area contributed by atoms with Crippen molar-refractivity contribution < 1.29 is 8.42 Å². The Morgan fingerprint density at radius 2 is 1.65 bits per heavy atom. The zero-order valence-corrected chi connectivity index (χ0v) is 11.6. The Morgan fingerprint density at radius 1 is 1.12 bits per heavy atom. The van der Waals surface area contributed by atoms with Gasteiger partial charge >= 0.3 is 0 Å². The van der Waals surface area contributed by atoms with E-state index in [0.29, 0.717) is 13.1 Å². The molecule has 0 saturated heterocycles. The third-order valence-corrected chi connectivity index (χ3v) is 5.15. The fraction of sp³-hybridized carbons (Fsp3) is 0.538. The molecule has 17 heavy (non-hydrogen) atoms. The molecule has 0 aliphatic carbocycles. The summed E-state index contributed by atoms with van der Waals surface area (Å²) < 4.78 is 25.7. The Kier molecular flexibility index (Phi) is 5.15. The molecule has 96 valence electrons. The minimum atomic E-state index is -3.14. The second kappa shape index (κ2) is 6.17. The molecule has 1 unspecified atom stereocenters. The molecule has 0 amide bonds. The van der Waals surface area contributed by atoms with Gasteiger partial charge in [0.1, 0.15) is 0 Å². The second-order valence-electron chi connectivity index (χ2n) is 4.17. The quantitative estimate of drug-likeness (QED) is 0.783. The molecule has 0 aliphatic heterocycles. The minimum absolute atomic E-state index is 0.0294. The van der Waals surface area contributed by atoms with Crippen molar-refractivity contribution in [3.8, 4) is 0 Å². The molecule has 0 bridgehead atoms. The lowest BCUT2D eigenvalue weighted by Gasteiger charge is -2.21. The van der Waals surface area contributed by atoms with E-state index in [1.807, 2.05) is 51.1 Å². The maximum atomic E-state index is 12.1. The van der Waals surface area contributed by atoms with E-state index in [-0.39, 0.29) is 11.7 Å². The van der Waals surface area contributed by atoms with Gasteiger partial charge in [-0.2, -0.15) is 0 Å². The van der Waals surface area contributed by atoms with Crippen LogP contribution in [0.15, 0.2) is 30.3 Å². The van der Waals surface area contributed by atoms with Gasteiger partial charge in [0.05, 0.1) is 5.75 Å². The van der Waals surface area contributed by atoms with Gasteiger partial charge in [0.2, 0.25) is 10.0 Å². The highest BCUT2D eigenvalue weighted by Gasteiger charge is 2.22. The van der Waals surface area contributed by atoms with Gasteiger partial charge in [-0.05, 0) is 11.5 Å². The SMILES string of the molecule is CCN(CC)S(=O)(=O)CC(C)c1ccccc1. The van der Waals surface area contributed by atoms with E-state index < -0.39 is 10.0 Å². The molecule has 1 aromatic carbocycles. The molecule has 1 atom stereocenters. The number of sulfonamides is 1. The van der Waals surface area contributed by atoms with Gasteiger partial charge in [0.15, 0.2) is 0 Å². The average molecular weight is 255 g/mol. The summed E-state index contributed by atoms with van der Waals surface area (Å²) in [5.74, 6) is 0.209. The number of benzene rings is 1. The van der Waals surface area contributed by atoms with Crippen LogP contribution in [0, 0.1) is 0 Å². The zero-order chi connectivity index (χ0) is 12.9. The summed E-state index contributed by atoms with van der Waals surface area (Å²) in [4.78, 5) is 0. The van der Waals surface area contributed by atoms with E-state index in [4.69, 9.17) is 0 Å². The van der Waals surface area contributed by atoms with E-state index in [1.54, 1.807) is 0 Å². The highest BCUT2D eigenvalue weighted by atomic mass is 32.2. The van der Waals surface area contributed by atoms with Crippen LogP contribution >= 0.6 is 0 Å². The van der Waals surface area contributed by atoms with E-state index >= 15 is 0 Å². The molecule has 3 nitrogen and oxygen atoms in total. The fourth-order valence-corrected chi connectivity index (χ4v) is 3.74. The van der Waals surface area contributed by atoms with Crippen LogP contribution in [0.25, 0.3) is 0 Å². The Bertz CT molecular complexity index is 424. The third-order valence-electron chi connectivity index (χ3n) is 2.93. The van der Waals surface area contributed by atoms with Gasteiger partial charge in [0.25, 0.3) is 0 Å². The molecule has 0 aromatic heterocycles. The number of nitrogens with zero attached hydrogens (tertiary/aromatic N) is 1. The standard InChI is InChI=1S/C13H21NO2S/c1-4-14(5-2)17(15,16)11-12(3)13-9-7-6-8-10-13/h6-10,12H,4-5,11H2,1-3H3. The van der Waals surface area contributed by atoms with Crippen LogP contribution in [0.4, 0.5) is 0 Å². The molecule has 0 fully saturated rings. The molecule has 1 aromatic rings. The average Bonchev–Trinajstić information content (AvgIpc) is 2.30. The normalized spacial score (nSPS) is 13.9. The Balaban J connectivity index is 2.78. The van der Waals surface area contributed by atoms with Gasteiger partial charge in [0, 0.05) is 13.1 Å². The molecular formula is C13H21NO2S. The highest BCUT2D eigenvalue weighted by molar-refractivity contribution is 7.89. The lowest BCUT2D eigenvalue weighted by molar-refractivity contribution is 0.442. The smallest absolute Gasteiger partial charge is 0.212 e. The van der Waals surface area contributed by atoms with Crippen LogP contribution in [0.1, 0.15) is 32.3 Å². The van der Waals surface area contributed by atoms with E-state index in [0.717, 1.165) is 5.56 Å². The van der Waals surface area contributed by atoms with E-state index in [9.17, 15) is 8.42 Å². The molecule has 0 aliphatic rings. The summed E-state index contributed by atoms with van der Waals surface area (Å²) in [5, 5.41) is 0. The van der Waals surface area contributed by atoms with Crippen molar-refractivity contribution in [1.82, 2.24) is 4.31 Å². The predicted molar refractivity (Wildman–Crippen MR) is 71.6 cm³/mol.